The molecule has 0 saturated heterocycles. The summed E-state index contributed by atoms with van der Waals surface area (Å²) >= 11 is 0. The lowest BCUT2D eigenvalue weighted by atomic mass is 9.81. The molecule has 0 spiro atoms. The molecule has 0 amide bonds. The van der Waals surface area contributed by atoms with E-state index in [9.17, 15) is 9.59 Å². The van der Waals surface area contributed by atoms with Crippen LogP contribution >= 0.6 is 0 Å². The first-order valence-corrected chi connectivity index (χ1v) is 5.74. The van der Waals surface area contributed by atoms with Gasteiger partial charge in [0.2, 0.25) is 0 Å². The molecule has 1 unspecified atom stereocenters. The molecular formula is C15H18O2. The van der Waals surface area contributed by atoms with Crippen LogP contribution in [0.4, 0.5) is 0 Å². The van der Waals surface area contributed by atoms with Crippen LogP contribution in [-0.4, -0.2) is 11.6 Å². The fraction of sp³-hybridized carbons (Fsp3) is 0.333. The number of rotatable bonds is 4. The zero-order valence-electron chi connectivity index (χ0n) is 10.5. The highest BCUT2D eigenvalue weighted by Crippen LogP contribution is 2.28. The van der Waals surface area contributed by atoms with Gasteiger partial charge in [0, 0.05) is 12.0 Å². The van der Waals surface area contributed by atoms with Gasteiger partial charge in [-0.1, -0.05) is 43.9 Å². The van der Waals surface area contributed by atoms with Crippen LogP contribution in [0, 0.1) is 5.92 Å². The molecule has 2 nitrogen and oxygen atoms in total. The average molecular weight is 230 g/mol. The van der Waals surface area contributed by atoms with E-state index in [0.29, 0.717) is 23.5 Å². The molecule has 17 heavy (non-hydrogen) atoms. The first-order valence-electron chi connectivity index (χ1n) is 5.74. The molecule has 0 radical (unpaired) electrons. The largest absolute Gasteiger partial charge is 0.294 e. The van der Waals surface area contributed by atoms with Crippen molar-refractivity contribution in [1.29, 1.82) is 0 Å². The molecule has 0 fully saturated rings. The molecule has 1 aliphatic rings. The van der Waals surface area contributed by atoms with Gasteiger partial charge in [0.1, 0.15) is 0 Å². The third kappa shape index (κ3) is 2.90. The van der Waals surface area contributed by atoms with Gasteiger partial charge in [-0.3, -0.25) is 9.59 Å². The van der Waals surface area contributed by atoms with Crippen molar-refractivity contribution >= 4 is 11.6 Å². The van der Waals surface area contributed by atoms with Crippen LogP contribution in [0.3, 0.4) is 0 Å². The third-order valence-corrected chi connectivity index (χ3v) is 2.90. The molecule has 0 N–H and O–H groups in total. The molecular weight excluding hydrogens is 212 g/mol. The van der Waals surface area contributed by atoms with E-state index in [1.165, 1.54) is 12.2 Å². The van der Waals surface area contributed by atoms with Crippen molar-refractivity contribution in [2.75, 3.05) is 0 Å². The lowest BCUT2D eigenvalue weighted by Crippen LogP contribution is -2.23. The predicted molar refractivity (Wildman–Crippen MR) is 69.6 cm³/mol. The van der Waals surface area contributed by atoms with E-state index in [-0.39, 0.29) is 11.6 Å². The van der Waals surface area contributed by atoms with Gasteiger partial charge < -0.3 is 0 Å². The highest BCUT2D eigenvalue weighted by molar-refractivity contribution is 6.27. The molecule has 1 rings (SSSR count). The summed E-state index contributed by atoms with van der Waals surface area (Å²) in [5, 5.41) is 0. The van der Waals surface area contributed by atoms with Gasteiger partial charge in [0.15, 0.2) is 11.6 Å². The number of carbonyl (C=O) groups is 2. The molecule has 0 aliphatic heterocycles. The quantitative estimate of drug-likeness (QED) is 0.422. The Hall–Kier alpha value is -1.70. The van der Waals surface area contributed by atoms with E-state index >= 15 is 0 Å². The van der Waals surface area contributed by atoms with Crippen molar-refractivity contribution in [3.63, 3.8) is 0 Å². The summed E-state index contributed by atoms with van der Waals surface area (Å²) in [7, 11) is 0. The minimum atomic E-state index is -0.227. The highest BCUT2D eigenvalue weighted by Gasteiger charge is 2.28. The maximum absolute atomic E-state index is 12.2. The molecule has 0 saturated carbocycles. The zero-order chi connectivity index (χ0) is 13.0. The Morgan fingerprint density at radius 3 is 2.47 bits per heavy atom. The summed E-state index contributed by atoms with van der Waals surface area (Å²) in [4.78, 5) is 24.1. The Balaban J connectivity index is 3.15. The second-order valence-corrected chi connectivity index (χ2v) is 4.48. The van der Waals surface area contributed by atoms with E-state index < -0.39 is 0 Å². The number of Topliss-reactive ketones (excluding diaryl/α,β-unsaturated/α-hetero) is 2. The number of carbonyl (C=O) groups excluding carboxylic acids is 2. The first-order chi connectivity index (χ1) is 8.01. The van der Waals surface area contributed by atoms with Gasteiger partial charge in [-0.2, -0.15) is 0 Å². The Bertz CT molecular complexity index is 436. The number of hydrogen-bond acceptors (Lipinski definition) is 2. The Kier molecular flexibility index (Phi) is 4.38. The van der Waals surface area contributed by atoms with Gasteiger partial charge in [-0.25, -0.2) is 0 Å². The monoisotopic (exact) mass is 230 g/mol. The normalized spacial score (nSPS) is 21.4. The molecule has 0 aromatic heterocycles. The van der Waals surface area contributed by atoms with Crippen molar-refractivity contribution < 1.29 is 9.59 Å². The average Bonchev–Trinajstić information content (AvgIpc) is 2.24. The molecule has 0 heterocycles. The van der Waals surface area contributed by atoms with E-state index in [2.05, 4.69) is 13.2 Å². The number of hydrogen-bond donors (Lipinski definition) is 0. The minimum absolute atomic E-state index is 0.0527. The summed E-state index contributed by atoms with van der Waals surface area (Å²) in [6.07, 6.45) is 5.85. The summed E-state index contributed by atoms with van der Waals surface area (Å²) < 4.78 is 0. The van der Waals surface area contributed by atoms with Crippen LogP contribution in [0.5, 0.6) is 0 Å². The summed E-state index contributed by atoms with van der Waals surface area (Å²) in [5.74, 6) is 0.0481. The van der Waals surface area contributed by atoms with Crippen LogP contribution in [0.25, 0.3) is 0 Å². The lowest BCUT2D eigenvalue weighted by molar-refractivity contribution is -0.120. The molecule has 0 aromatic rings. The van der Waals surface area contributed by atoms with E-state index in [4.69, 9.17) is 0 Å². The fourth-order valence-electron chi connectivity index (χ4n) is 2.18. The smallest absolute Gasteiger partial charge is 0.196 e. The summed E-state index contributed by atoms with van der Waals surface area (Å²) in [5.41, 5.74) is 1.66. The van der Waals surface area contributed by atoms with Crippen molar-refractivity contribution in [3.05, 3.63) is 48.1 Å². The summed E-state index contributed by atoms with van der Waals surface area (Å²) in [6.45, 7) is 11.0. The lowest BCUT2D eigenvalue weighted by Gasteiger charge is -2.21. The number of ketones is 2. The van der Waals surface area contributed by atoms with Crippen molar-refractivity contribution in [1.82, 2.24) is 0 Å². The Morgan fingerprint density at radius 1 is 1.35 bits per heavy atom. The Morgan fingerprint density at radius 2 is 2.00 bits per heavy atom. The standard InChI is InChI=1S/C15H18O2/c1-5-7-12(6-2)15(17)14-11(4)8-10(3)9-13(14)16/h5-7,10H,1-2,8-9H2,3-4H3/b12-7+. The van der Waals surface area contributed by atoms with Gasteiger partial charge in [-0.15, -0.1) is 0 Å². The van der Waals surface area contributed by atoms with Gasteiger partial charge >= 0.3 is 0 Å². The maximum Gasteiger partial charge on any atom is 0.196 e. The zero-order valence-corrected chi connectivity index (χ0v) is 10.5. The van der Waals surface area contributed by atoms with Gasteiger partial charge in [0.25, 0.3) is 0 Å². The molecule has 0 aromatic carbocycles. The second kappa shape index (κ2) is 5.58. The van der Waals surface area contributed by atoms with Crippen LogP contribution in [0.15, 0.2) is 48.1 Å². The molecule has 90 valence electrons. The fourth-order valence-corrected chi connectivity index (χ4v) is 2.18. The molecule has 1 aliphatic carbocycles. The number of allylic oxidation sites excluding steroid dienone is 6. The van der Waals surface area contributed by atoms with Crippen LogP contribution < -0.4 is 0 Å². The van der Waals surface area contributed by atoms with Crippen LogP contribution in [0.2, 0.25) is 0 Å². The van der Waals surface area contributed by atoms with Gasteiger partial charge in [0.05, 0.1) is 5.57 Å². The predicted octanol–water partition coefficient (Wildman–Crippen LogP) is 3.17. The topological polar surface area (TPSA) is 34.1 Å². The van der Waals surface area contributed by atoms with Crippen molar-refractivity contribution in [2.24, 2.45) is 5.92 Å². The maximum atomic E-state index is 12.2. The van der Waals surface area contributed by atoms with E-state index in [0.717, 1.165) is 12.0 Å². The third-order valence-electron chi connectivity index (χ3n) is 2.90. The SMILES string of the molecule is C=C/C=C(\C=C)C(=O)C1=C(C)CC(C)CC1=O. The molecule has 1 atom stereocenters. The highest BCUT2D eigenvalue weighted by atomic mass is 16.1. The second-order valence-electron chi connectivity index (χ2n) is 4.48. The minimum Gasteiger partial charge on any atom is -0.294 e. The summed E-state index contributed by atoms with van der Waals surface area (Å²) in [6, 6.07) is 0. The first kappa shape index (κ1) is 13.4. The van der Waals surface area contributed by atoms with E-state index in [1.54, 1.807) is 6.08 Å². The van der Waals surface area contributed by atoms with E-state index in [1.807, 2.05) is 13.8 Å². The van der Waals surface area contributed by atoms with Crippen molar-refractivity contribution in [3.8, 4) is 0 Å². The molecule has 0 bridgehead atoms. The molecule has 2 heteroatoms. The van der Waals surface area contributed by atoms with Gasteiger partial charge in [-0.05, 0) is 19.3 Å². The van der Waals surface area contributed by atoms with Crippen molar-refractivity contribution in [2.45, 2.75) is 26.7 Å². The van der Waals surface area contributed by atoms with Crippen LogP contribution in [0.1, 0.15) is 26.7 Å². The Labute approximate surface area is 102 Å². The van der Waals surface area contributed by atoms with Crippen LogP contribution in [-0.2, 0) is 9.59 Å².